The lowest BCUT2D eigenvalue weighted by Crippen LogP contribution is -2.53. The molecule has 108 valence electrons. The first-order valence-electron chi connectivity index (χ1n) is 7.29. The van der Waals surface area contributed by atoms with Crippen molar-refractivity contribution in [2.24, 2.45) is 5.92 Å². The highest BCUT2D eigenvalue weighted by Gasteiger charge is 2.34. The van der Waals surface area contributed by atoms with Gasteiger partial charge < -0.3 is 10.2 Å². The number of aryl methyl sites for hydroxylation is 2. The van der Waals surface area contributed by atoms with E-state index < -0.39 is 0 Å². The normalized spacial score (nSPS) is 28.4. The van der Waals surface area contributed by atoms with E-state index in [1.807, 2.05) is 13.0 Å². The number of nitro benzene ring substituents is 1. The van der Waals surface area contributed by atoms with E-state index in [-0.39, 0.29) is 10.6 Å². The monoisotopic (exact) mass is 275 g/mol. The van der Waals surface area contributed by atoms with Crippen LogP contribution in [0.1, 0.15) is 24.0 Å². The summed E-state index contributed by atoms with van der Waals surface area (Å²) in [4.78, 5) is 13.3. The van der Waals surface area contributed by atoms with Gasteiger partial charge in [-0.1, -0.05) is 0 Å². The summed E-state index contributed by atoms with van der Waals surface area (Å²) in [5.74, 6) is 0.708. The van der Waals surface area contributed by atoms with E-state index >= 15 is 0 Å². The SMILES string of the molecule is Cc1cc(C)c([N+](=O)[O-])cc1NC1CN2CCC1CC2. The Bertz CT molecular complexity index is 536. The lowest BCUT2D eigenvalue weighted by molar-refractivity contribution is -0.385. The van der Waals surface area contributed by atoms with Crippen molar-refractivity contribution in [2.45, 2.75) is 32.7 Å². The van der Waals surface area contributed by atoms with Crippen molar-refractivity contribution in [3.05, 3.63) is 33.4 Å². The summed E-state index contributed by atoms with van der Waals surface area (Å²) in [6.07, 6.45) is 2.48. The quantitative estimate of drug-likeness (QED) is 0.680. The van der Waals surface area contributed by atoms with Crippen LogP contribution >= 0.6 is 0 Å². The fourth-order valence-electron chi connectivity index (χ4n) is 3.52. The minimum Gasteiger partial charge on any atom is -0.380 e. The van der Waals surface area contributed by atoms with E-state index in [1.165, 1.54) is 25.9 Å². The van der Waals surface area contributed by atoms with Gasteiger partial charge in [-0.05, 0) is 57.3 Å². The molecule has 4 rings (SSSR count). The molecule has 3 saturated heterocycles. The maximum atomic E-state index is 11.1. The van der Waals surface area contributed by atoms with Gasteiger partial charge >= 0.3 is 0 Å². The van der Waals surface area contributed by atoms with Crippen LogP contribution in [0, 0.1) is 29.9 Å². The molecule has 2 bridgehead atoms. The van der Waals surface area contributed by atoms with Crippen molar-refractivity contribution < 1.29 is 4.92 Å². The molecular formula is C15H21N3O2. The van der Waals surface area contributed by atoms with Gasteiger partial charge in [0.15, 0.2) is 0 Å². The number of nitrogens with one attached hydrogen (secondary N) is 1. The molecule has 3 fully saturated rings. The number of nitro groups is 1. The fraction of sp³-hybridized carbons (Fsp3) is 0.600. The Hall–Kier alpha value is -1.62. The number of benzene rings is 1. The molecule has 0 saturated carbocycles. The maximum absolute atomic E-state index is 11.1. The zero-order chi connectivity index (χ0) is 14.3. The van der Waals surface area contributed by atoms with Gasteiger partial charge in [0, 0.05) is 29.9 Å². The Kier molecular flexibility index (Phi) is 3.38. The Balaban J connectivity index is 1.83. The zero-order valence-electron chi connectivity index (χ0n) is 12.1. The molecule has 1 aromatic carbocycles. The summed E-state index contributed by atoms with van der Waals surface area (Å²) in [5, 5.41) is 14.6. The predicted molar refractivity (Wildman–Crippen MR) is 79.1 cm³/mol. The van der Waals surface area contributed by atoms with E-state index in [2.05, 4.69) is 10.2 Å². The van der Waals surface area contributed by atoms with E-state index in [4.69, 9.17) is 0 Å². The number of nitrogens with zero attached hydrogens (tertiary/aromatic N) is 2. The molecule has 0 spiro atoms. The third kappa shape index (κ3) is 2.38. The molecule has 0 aromatic heterocycles. The van der Waals surface area contributed by atoms with Crippen molar-refractivity contribution >= 4 is 11.4 Å². The molecule has 5 heteroatoms. The van der Waals surface area contributed by atoms with Crippen LogP contribution in [0.3, 0.4) is 0 Å². The lowest BCUT2D eigenvalue weighted by Gasteiger charge is -2.45. The van der Waals surface area contributed by atoms with Gasteiger partial charge in [-0.2, -0.15) is 0 Å². The highest BCUT2D eigenvalue weighted by Crippen LogP contribution is 2.32. The number of hydrogen-bond acceptors (Lipinski definition) is 4. The molecule has 3 aliphatic rings. The van der Waals surface area contributed by atoms with Crippen LogP contribution in [-0.2, 0) is 0 Å². The molecule has 0 radical (unpaired) electrons. The molecule has 3 aliphatic heterocycles. The van der Waals surface area contributed by atoms with Crippen LogP contribution in [0.25, 0.3) is 0 Å². The van der Waals surface area contributed by atoms with E-state index in [0.29, 0.717) is 12.0 Å². The molecule has 5 nitrogen and oxygen atoms in total. The van der Waals surface area contributed by atoms with Crippen LogP contribution in [0.2, 0.25) is 0 Å². The number of fused-ring (bicyclic) bond motifs is 3. The maximum Gasteiger partial charge on any atom is 0.274 e. The van der Waals surface area contributed by atoms with Crippen LogP contribution < -0.4 is 5.32 Å². The molecule has 1 N–H and O–H groups in total. The Labute approximate surface area is 119 Å². The second-order valence-electron chi connectivity index (χ2n) is 6.10. The van der Waals surface area contributed by atoms with Crippen molar-refractivity contribution in [1.29, 1.82) is 0 Å². The van der Waals surface area contributed by atoms with Gasteiger partial charge in [0.05, 0.1) is 4.92 Å². The fourth-order valence-corrected chi connectivity index (χ4v) is 3.52. The summed E-state index contributed by atoms with van der Waals surface area (Å²) in [7, 11) is 0. The average Bonchev–Trinajstić information content (AvgIpc) is 2.43. The Morgan fingerprint density at radius 2 is 1.95 bits per heavy atom. The van der Waals surface area contributed by atoms with E-state index in [1.54, 1.807) is 13.0 Å². The molecule has 0 aliphatic carbocycles. The number of hydrogen-bond donors (Lipinski definition) is 1. The van der Waals surface area contributed by atoms with E-state index in [9.17, 15) is 10.1 Å². The first-order valence-corrected chi connectivity index (χ1v) is 7.29. The predicted octanol–water partition coefficient (Wildman–Crippen LogP) is 2.72. The van der Waals surface area contributed by atoms with Gasteiger partial charge in [0.1, 0.15) is 0 Å². The lowest BCUT2D eigenvalue weighted by atomic mass is 9.84. The summed E-state index contributed by atoms with van der Waals surface area (Å²) in [6, 6.07) is 4.03. The highest BCUT2D eigenvalue weighted by molar-refractivity contribution is 5.60. The first-order chi connectivity index (χ1) is 9.54. The third-order valence-electron chi connectivity index (χ3n) is 4.74. The summed E-state index contributed by atoms with van der Waals surface area (Å²) >= 11 is 0. The molecule has 1 aromatic rings. The number of rotatable bonds is 3. The second-order valence-corrected chi connectivity index (χ2v) is 6.10. The van der Waals surface area contributed by atoms with Crippen molar-refractivity contribution in [1.82, 2.24) is 4.90 Å². The largest absolute Gasteiger partial charge is 0.380 e. The minimum absolute atomic E-state index is 0.208. The summed E-state index contributed by atoms with van der Waals surface area (Å²) in [6.45, 7) is 7.28. The Morgan fingerprint density at radius 3 is 2.50 bits per heavy atom. The van der Waals surface area contributed by atoms with Gasteiger partial charge in [0.2, 0.25) is 0 Å². The molecular weight excluding hydrogens is 254 g/mol. The topological polar surface area (TPSA) is 58.4 Å². The average molecular weight is 275 g/mol. The van der Waals surface area contributed by atoms with Crippen LogP contribution in [0.15, 0.2) is 12.1 Å². The third-order valence-corrected chi connectivity index (χ3v) is 4.74. The minimum atomic E-state index is -0.295. The molecule has 20 heavy (non-hydrogen) atoms. The second kappa shape index (κ2) is 5.05. The highest BCUT2D eigenvalue weighted by atomic mass is 16.6. The number of anilines is 1. The van der Waals surface area contributed by atoms with Gasteiger partial charge in [-0.25, -0.2) is 0 Å². The summed E-state index contributed by atoms with van der Waals surface area (Å²) in [5.41, 5.74) is 2.94. The number of piperidine rings is 3. The van der Waals surface area contributed by atoms with Gasteiger partial charge in [-0.3, -0.25) is 10.1 Å². The van der Waals surface area contributed by atoms with E-state index in [0.717, 1.165) is 23.4 Å². The van der Waals surface area contributed by atoms with Gasteiger partial charge in [0.25, 0.3) is 5.69 Å². The van der Waals surface area contributed by atoms with Crippen molar-refractivity contribution in [2.75, 3.05) is 25.0 Å². The van der Waals surface area contributed by atoms with Crippen molar-refractivity contribution in [3.63, 3.8) is 0 Å². The standard InChI is InChI=1S/C15H21N3O2/c1-10-7-11(2)15(18(19)20)8-13(10)16-14-9-17-5-3-12(14)4-6-17/h7-8,12,14,16H,3-6,9H2,1-2H3. The smallest absolute Gasteiger partial charge is 0.274 e. The van der Waals surface area contributed by atoms with Crippen LogP contribution in [0.4, 0.5) is 11.4 Å². The molecule has 0 amide bonds. The molecule has 1 atom stereocenters. The van der Waals surface area contributed by atoms with Crippen LogP contribution in [-0.4, -0.2) is 35.5 Å². The molecule has 1 unspecified atom stereocenters. The van der Waals surface area contributed by atoms with Gasteiger partial charge in [-0.15, -0.1) is 0 Å². The van der Waals surface area contributed by atoms with Crippen molar-refractivity contribution in [3.8, 4) is 0 Å². The first kappa shape index (κ1) is 13.4. The Morgan fingerprint density at radius 1 is 1.25 bits per heavy atom. The zero-order valence-corrected chi connectivity index (χ0v) is 12.1. The summed E-state index contributed by atoms with van der Waals surface area (Å²) < 4.78 is 0. The molecule has 3 heterocycles. The van der Waals surface area contributed by atoms with Crippen LogP contribution in [0.5, 0.6) is 0 Å².